The second-order valence-electron chi connectivity index (χ2n) is 6.58. The van der Waals surface area contributed by atoms with Gasteiger partial charge in [-0.05, 0) is 17.7 Å². The van der Waals surface area contributed by atoms with E-state index in [0.717, 1.165) is 6.20 Å². The molecule has 11 heteroatoms. The van der Waals surface area contributed by atoms with Crippen molar-refractivity contribution in [3.05, 3.63) is 53.2 Å². The van der Waals surface area contributed by atoms with Crippen molar-refractivity contribution in [2.45, 2.75) is 30.6 Å². The maximum absolute atomic E-state index is 14.6. The van der Waals surface area contributed by atoms with Crippen LogP contribution < -0.4 is 5.48 Å². The molecule has 1 saturated heterocycles. The number of nitrogens with zero attached hydrogens (tertiary/aromatic N) is 3. The Kier molecular flexibility index (Phi) is 5.38. The number of anilines is 1. The lowest BCUT2D eigenvalue weighted by Crippen LogP contribution is -2.34. The second kappa shape index (κ2) is 7.82. The van der Waals surface area contributed by atoms with Crippen molar-refractivity contribution in [1.82, 2.24) is 14.5 Å². The summed E-state index contributed by atoms with van der Waals surface area (Å²) in [6.45, 7) is 0. The van der Waals surface area contributed by atoms with E-state index in [1.54, 1.807) is 24.3 Å². The molecular weight excluding hydrogens is 407 g/mol. The van der Waals surface area contributed by atoms with Crippen LogP contribution in [0, 0.1) is 5.82 Å². The maximum atomic E-state index is 14.6. The molecule has 3 heterocycles. The number of aliphatic hydroxyl groups is 3. The molecule has 0 amide bonds. The number of benzene rings is 1. The fourth-order valence-electron chi connectivity index (χ4n) is 3.43. The van der Waals surface area contributed by atoms with Crippen LogP contribution in [0.5, 0.6) is 0 Å². The number of ether oxygens (including phenoxy) is 1. The molecule has 4 rings (SSSR count). The molecule has 4 N–H and O–H groups in total. The third kappa shape index (κ3) is 3.44. The molecule has 1 aliphatic heterocycles. The smallest absolute Gasteiger partial charge is 0.165 e. The van der Waals surface area contributed by atoms with Crippen molar-refractivity contribution in [3.63, 3.8) is 0 Å². The number of halogens is 2. The lowest BCUT2D eigenvalue weighted by molar-refractivity contribution is -0.0849. The van der Waals surface area contributed by atoms with Crippen LogP contribution in [-0.2, 0) is 9.57 Å². The molecule has 0 bridgehead atoms. The van der Waals surface area contributed by atoms with E-state index < -0.39 is 36.5 Å². The summed E-state index contributed by atoms with van der Waals surface area (Å²) in [5, 5.41) is 32.1. The van der Waals surface area contributed by atoms with Crippen molar-refractivity contribution in [2.75, 3.05) is 12.6 Å². The van der Waals surface area contributed by atoms with E-state index in [2.05, 4.69) is 15.4 Å². The predicted octanol–water partition coefficient (Wildman–Crippen LogP) is 1.55. The third-order valence-electron chi connectivity index (χ3n) is 4.83. The molecule has 1 aromatic carbocycles. The summed E-state index contributed by atoms with van der Waals surface area (Å²) >= 11 is 5.86. The monoisotopic (exact) mass is 424 g/mol. The topological polar surface area (TPSA) is 122 Å². The third-order valence-corrected chi connectivity index (χ3v) is 5.09. The molecule has 5 atom stereocenters. The van der Waals surface area contributed by atoms with E-state index in [0.29, 0.717) is 10.6 Å². The molecule has 0 saturated carbocycles. The predicted molar refractivity (Wildman–Crippen MR) is 100 cm³/mol. The molecule has 0 spiro atoms. The van der Waals surface area contributed by atoms with Gasteiger partial charge in [0.1, 0.15) is 30.7 Å². The van der Waals surface area contributed by atoms with Crippen LogP contribution in [0.15, 0.2) is 36.8 Å². The number of aliphatic hydroxyl groups excluding tert-OH is 3. The number of aromatic nitrogens is 3. The molecule has 0 radical (unpaired) electrons. The lowest BCUT2D eigenvalue weighted by Gasteiger charge is -2.21. The van der Waals surface area contributed by atoms with Gasteiger partial charge in [-0.3, -0.25) is 4.84 Å². The SMILES string of the molecule is CONc1ncnc2c1c(F)cn2[C@@H]1OC([C@H](O)c2ccc(Cl)cc2)[C@@H](O)[C@H]1O. The van der Waals surface area contributed by atoms with Gasteiger partial charge in [0.2, 0.25) is 0 Å². The Balaban J connectivity index is 1.68. The lowest BCUT2D eigenvalue weighted by atomic mass is 9.99. The quantitative estimate of drug-likeness (QED) is 0.455. The highest BCUT2D eigenvalue weighted by molar-refractivity contribution is 6.30. The van der Waals surface area contributed by atoms with Gasteiger partial charge in [-0.2, -0.15) is 0 Å². The highest BCUT2D eigenvalue weighted by Gasteiger charge is 2.47. The van der Waals surface area contributed by atoms with Crippen LogP contribution in [0.25, 0.3) is 11.0 Å². The number of fused-ring (bicyclic) bond motifs is 1. The Labute approximate surface area is 169 Å². The Bertz CT molecular complexity index is 1020. The van der Waals surface area contributed by atoms with Crippen LogP contribution in [-0.4, -0.2) is 55.3 Å². The first-order valence-corrected chi connectivity index (χ1v) is 9.05. The van der Waals surface area contributed by atoms with Gasteiger partial charge in [-0.25, -0.2) is 19.8 Å². The molecule has 1 aliphatic rings. The van der Waals surface area contributed by atoms with Crippen LogP contribution in [0.2, 0.25) is 5.02 Å². The van der Waals surface area contributed by atoms with Gasteiger partial charge in [-0.15, -0.1) is 0 Å². The van der Waals surface area contributed by atoms with E-state index in [-0.39, 0.29) is 16.9 Å². The first-order valence-electron chi connectivity index (χ1n) is 8.67. The van der Waals surface area contributed by atoms with Crippen LogP contribution in [0.4, 0.5) is 10.2 Å². The zero-order valence-electron chi connectivity index (χ0n) is 15.1. The summed E-state index contributed by atoms with van der Waals surface area (Å²) in [7, 11) is 1.35. The van der Waals surface area contributed by atoms with Crippen molar-refractivity contribution in [1.29, 1.82) is 0 Å². The van der Waals surface area contributed by atoms with Gasteiger partial charge >= 0.3 is 0 Å². The molecule has 1 unspecified atom stereocenters. The minimum absolute atomic E-state index is 0.0290. The minimum Gasteiger partial charge on any atom is -0.387 e. The van der Waals surface area contributed by atoms with E-state index in [1.165, 1.54) is 18.0 Å². The largest absolute Gasteiger partial charge is 0.387 e. The van der Waals surface area contributed by atoms with Gasteiger partial charge in [0, 0.05) is 11.2 Å². The number of rotatable bonds is 5. The molecule has 3 aromatic rings. The summed E-state index contributed by atoms with van der Waals surface area (Å²) in [6, 6.07) is 6.35. The minimum atomic E-state index is -1.44. The van der Waals surface area contributed by atoms with Crippen LogP contribution in [0.1, 0.15) is 17.9 Å². The highest BCUT2D eigenvalue weighted by atomic mass is 35.5. The first kappa shape index (κ1) is 20.0. The van der Waals surface area contributed by atoms with E-state index in [4.69, 9.17) is 21.2 Å². The summed E-state index contributed by atoms with van der Waals surface area (Å²) in [4.78, 5) is 12.8. The average Bonchev–Trinajstić information content (AvgIpc) is 3.20. The van der Waals surface area contributed by atoms with Gasteiger partial charge in [0.15, 0.2) is 23.5 Å². The van der Waals surface area contributed by atoms with Crippen molar-refractivity contribution >= 4 is 28.5 Å². The van der Waals surface area contributed by atoms with E-state index in [9.17, 15) is 19.7 Å². The second-order valence-corrected chi connectivity index (χ2v) is 7.02. The van der Waals surface area contributed by atoms with Gasteiger partial charge in [0.05, 0.1) is 12.5 Å². The van der Waals surface area contributed by atoms with Crippen LogP contribution in [0.3, 0.4) is 0 Å². The normalized spacial score (nSPS) is 25.4. The molecule has 9 nitrogen and oxygen atoms in total. The van der Waals surface area contributed by atoms with E-state index >= 15 is 0 Å². The Hall–Kier alpha value is -2.34. The first-order chi connectivity index (χ1) is 13.9. The Morgan fingerprint density at radius 2 is 1.97 bits per heavy atom. The van der Waals surface area contributed by atoms with Crippen molar-refractivity contribution in [3.8, 4) is 0 Å². The number of hydrogen-bond donors (Lipinski definition) is 4. The molecular formula is C18H18ClFN4O5. The summed E-state index contributed by atoms with van der Waals surface area (Å²) in [5.74, 6) is -0.577. The molecule has 29 heavy (non-hydrogen) atoms. The molecule has 1 fully saturated rings. The number of nitrogens with one attached hydrogen (secondary N) is 1. The van der Waals surface area contributed by atoms with Crippen molar-refractivity contribution < 1.29 is 29.3 Å². The fourth-order valence-corrected chi connectivity index (χ4v) is 3.56. The number of hydrogen-bond acceptors (Lipinski definition) is 8. The van der Waals surface area contributed by atoms with E-state index in [1.807, 2.05) is 0 Å². The Morgan fingerprint density at radius 3 is 2.66 bits per heavy atom. The fraction of sp³-hybridized carbons (Fsp3) is 0.333. The highest BCUT2D eigenvalue weighted by Crippen LogP contribution is 2.38. The van der Waals surface area contributed by atoms with Crippen LogP contribution >= 0.6 is 11.6 Å². The molecule has 0 aliphatic carbocycles. The summed E-state index contributed by atoms with van der Waals surface area (Å²) < 4.78 is 21.6. The van der Waals surface area contributed by atoms with Crippen molar-refractivity contribution in [2.24, 2.45) is 0 Å². The average molecular weight is 425 g/mol. The Morgan fingerprint density at radius 1 is 1.24 bits per heavy atom. The summed E-state index contributed by atoms with van der Waals surface area (Å²) in [6.07, 6.45) is -4.18. The molecule has 2 aromatic heterocycles. The molecule has 154 valence electrons. The van der Waals surface area contributed by atoms with Gasteiger partial charge in [-0.1, -0.05) is 23.7 Å². The zero-order chi connectivity index (χ0) is 20.7. The van der Waals surface area contributed by atoms with Gasteiger partial charge in [0.25, 0.3) is 0 Å². The van der Waals surface area contributed by atoms with Gasteiger partial charge < -0.3 is 24.6 Å². The maximum Gasteiger partial charge on any atom is 0.165 e. The zero-order valence-corrected chi connectivity index (χ0v) is 15.9. The summed E-state index contributed by atoms with van der Waals surface area (Å²) in [5.41, 5.74) is 3.03. The standard InChI is InChI=1S/C18H18ClFN4O5/c1-28-23-16-11-10(20)6-24(17(11)22-7-21-16)18-14(27)13(26)15(29-18)12(25)8-2-4-9(19)5-3-8/h2-7,12-15,18,25-27H,1H3,(H,21,22,23)/t12-,13+,14-,15?,18-/m1/s1.